The second-order valence-electron chi connectivity index (χ2n) is 5.47. The van der Waals surface area contributed by atoms with E-state index in [1.807, 2.05) is 42.5 Å². The van der Waals surface area contributed by atoms with Crippen molar-refractivity contribution in [2.45, 2.75) is 6.54 Å². The predicted molar refractivity (Wildman–Crippen MR) is 93.5 cm³/mol. The van der Waals surface area contributed by atoms with Crippen molar-refractivity contribution in [2.24, 2.45) is 0 Å². The molecule has 0 fully saturated rings. The molecule has 0 bridgehead atoms. The molecule has 0 saturated carbocycles. The van der Waals surface area contributed by atoms with Crippen LogP contribution in [0.2, 0.25) is 0 Å². The Morgan fingerprint density at radius 1 is 1.17 bits per heavy atom. The maximum atomic E-state index is 12.2. The van der Waals surface area contributed by atoms with Gasteiger partial charge in [-0.2, -0.15) is 0 Å². The van der Waals surface area contributed by atoms with Gasteiger partial charge < -0.3 is 19.1 Å². The van der Waals surface area contributed by atoms with Crippen molar-refractivity contribution < 1.29 is 19.0 Å². The second kappa shape index (κ2) is 7.57. The standard InChI is InChI=1S/C18H18BrNO4/c1-20(18(21)12-24-15-4-2-3-14(19)10-15)11-13-5-6-16-17(9-13)23-8-7-22-16/h2-6,9-10H,7-8,11-12H2,1H3. The van der Waals surface area contributed by atoms with Gasteiger partial charge in [-0.15, -0.1) is 0 Å². The van der Waals surface area contributed by atoms with Crippen LogP contribution in [0.3, 0.4) is 0 Å². The number of halogens is 1. The molecule has 1 heterocycles. The van der Waals surface area contributed by atoms with E-state index in [-0.39, 0.29) is 12.5 Å². The van der Waals surface area contributed by atoms with Crippen molar-refractivity contribution in [3.63, 3.8) is 0 Å². The Labute approximate surface area is 149 Å². The molecule has 0 N–H and O–H groups in total. The zero-order valence-electron chi connectivity index (χ0n) is 13.3. The summed E-state index contributed by atoms with van der Waals surface area (Å²) in [6.07, 6.45) is 0. The SMILES string of the molecule is CN(Cc1ccc2c(c1)OCCO2)C(=O)COc1cccc(Br)c1. The predicted octanol–water partition coefficient (Wildman–Crippen LogP) is 3.26. The average Bonchev–Trinajstić information content (AvgIpc) is 2.59. The van der Waals surface area contributed by atoms with Crippen LogP contribution >= 0.6 is 15.9 Å². The normalized spacial score (nSPS) is 12.6. The van der Waals surface area contributed by atoms with Gasteiger partial charge >= 0.3 is 0 Å². The summed E-state index contributed by atoms with van der Waals surface area (Å²) in [4.78, 5) is 13.9. The Bertz CT molecular complexity index is 735. The van der Waals surface area contributed by atoms with E-state index in [2.05, 4.69) is 15.9 Å². The van der Waals surface area contributed by atoms with Crippen LogP contribution in [-0.2, 0) is 11.3 Å². The van der Waals surface area contributed by atoms with Crippen molar-refractivity contribution in [2.75, 3.05) is 26.9 Å². The minimum absolute atomic E-state index is 0.00248. The molecule has 126 valence electrons. The fraction of sp³-hybridized carbons (Fsp3) is 0.278. The molecule has 2 aromatic carbocycles. The topological polar surface area (TPSA) is 48.0 Å². The Morgan fingerprint density at radius 2 is 1.96 bits per heavy atom. The third kappa shape index (κ3) is 4.20. The lowest BCUT2D eigenvalue weighted by Gasteiger charge is -2.21. The number of carbonyl (C=O) groups excluding carboxylic acids is 1. The number of nitrogens with zero attached hydrogens (tertiary/aromatic N) is 1. The second-order valence-corrected chi connectivity index (χ2v) is 6.39. The van der Waals surface area contributed by atoms with Gasteiger partial charge in [0.1, 0.15) is 19.0 Å². The van der Waals surface area contributed by atoms with Gasteiger partial charge in [-0.1, -0.05) is 28.1 Å². The highest BCUT2D eigenvalue weighted by atomic mass is 79.9. The van der Waals surface area contributed by atoms with Crippen molar-refractivity contribution in [3.05, 3.63) is 52.5 Å². The number of ether oxygens (including phenoxy) is 3. The van der Waals surface area contributed by atoms with Crippen molar-refractivity contribution in [3.8, 4) is 17.2 Å². The lowest BCUT2D eigenvalue weighted by Crippen LogP contribution is -2.31. The summed E-state index contributed by atoms with van der Waals surface area (Å²) in [7, 11) is 1.75. The summed E-state index contributed by atoms with van der Waals surface area (Å²) in [6, 6.07) is 13.1. The molecule has 3 rings (SSSR count). The van der Waals surface area contributed by atoms with Crippen molar-refractivity contribution in [1.82, 2.24) is 4.90 Å². The highest BCUT2D eigenvalue weighted by Gasteiger charge is 2.14. The molecule has 1 aliphatic heterocycles. The van der Waals surface area contributed by atoms with Crippen LogP contribution in [0.25, 0.3) is 0 Å². The van der Waals surface area contributed by atoms with E-state index >= 15 is 0 Å². The fourth-order valence-electron chi connectivity index (χ4n) is 2.36. The zero-order chi connectivity index (χ0) is 16.9. The van der Waals surface area contributed by atoms with Crippen LogP contribution in [0, 0.1) is 0 Å². The van der Waals surface area contributed by atoms with Gasteiger partial charge in [0.05, 0.1) is 0 Å². The lowest BCUT2D eigenvalue weighted by atomic mass is 10.2. The molecule has 6 heteroatoms. The van der Waals surface area contributed by atoms with Gasteiger partial charge in [0, 0.05) is 18.1 Å². The monoisotopic (exact) mass is 391 g/mol. The third-order valence-corrected chi connectivity index (χ3v) is 4.10. The first-order chi connectivity index (χ1) is 11.6. The van der Waals surface area contributed by atoms with Gasteiger partial charge in [0.25, 0.3) is 5.91 Å². The van der Waals surface area contributed by atoms with E-state index < -0.39 is 0 Å². The molecule has 0 aliphatic carbocycles. The van der Waals surface area contributed by atoms with E-state index in [1.165, 1.54) is 0 Å². The summed E-state index contributed by atoms with van der Waals surface area (Å²) in [5, 5.41) is 0. The Hall–Kier alpha value is -2.21. The first-order valence-electron chi connectivity index (χ1n) is 7.63. The number of benzene rings is 2. The summed E-state index contributed by atoms with van der Waals surface area (Å²) in [6.45, 7) is 1.60. The van der Waals surface area contributed by atoms with Crippen LogP contribution in [0.15, 0.2) is 46.9 Å². The van der Waals surface area contributed by atoms with Crippen molar-refractivity contribution >= 4 is 21.8 Å². The number of hydrogen-bond donors (Lipinski definition) is 0. The number of likely N-dealkylation sites (N-methyl/N-ethyl adjacent to an activating group) is 1. The van der Waals surface area contributed by atoms with Crippen LogP contribution in [0.1, 0.15) is 5.56 Å². The Morgan fingerprint density at radius 3 is 2.75 bits per heavy atom. The molecule has 24 heavy (non-hydrogen) atoms. The molecule has 1 amide bonds. The van der Waals surface area contributed by atoms with E-state index in [1.54, 1.807) is 11.9 Å². The highest BCUT2D eigenvalue weighted by molar-refractivity contribution is 9.10. The molecule has 0 atom stereocenters. The third-order valence-electron chi connectivity index (χ3n) is 3.61. The van der Waals surface area contributed by atoms with Gasteiger partial charge in [-0.3, -0.25) is 4.79 Å². The molecule has 0 aromatic heterocycles. The molecule has 2 aromatic rings. The molecule has 1 aliphatic rings. The number of amides is 1. The van der Waals surface area contributed by atoms with Crippen LogP contribution in [0.4, 0.5) is 0 Å². The summed E-state index contributed by atoms with van der Waals surface area (Å²) < 4.78 is 17.5. The molecule has 0 radical (unpaired) electrons. The van der Waals surface area contributed by atoms with Crippen molar-refractivity contribution in [1.29, 1.82) is 0 Å². The van der Waals surface area contributed by atoms with E-state index in [0.717, 1.165) is 21.5 Å². The Balaban J connectivity index is 1.56. The lowest BCUT2D eigenvalue weighted by molar-refractivity contribution is -0.132. The number of fused-ring (bicyclic) bond motifs is 1. The first-order valence-corrected chi connectivity index (χ1v) is 8.42. The molecular weight excluding hydrogens is 374 g/mol. The summed E-state index contributed by atoms with van der Waals surface area (Å²) >= 11 is 3.37. The Kier molecular flexibility index (Phi) is 5.25. The fourth-order valence-corrected chi connectivity index (χ4v) is 2.74. The van der Waals surface area contributed by atoms with Crippen LogP contribution in [-0.4, -0.2) is 37.7 Å². The highest BCUT2D eigenvalue weighted by Crippen LogP contribution is 2.31. The maximum Gasteiger partial charge on any atom is 0.260 e. The molecule has 0 spiro atoms. The van der Waals surface area contributed by atoms with Gasteiger partial charge in [-0.05, 0) is 35.9 Å². The van der Waals surface area contributed by atoms with Crippen LogP contribution < -0.4 is 14.2 Å². The quantitative estimate of drug-likeness (QED) is 0.784. The number of carbonyl (C=O) groups is 1. The molecule has 5 nitrogen and oxygen atoms in total. The van der Waals surface area contributed by atoms with Crippen LogP contribution in [0.5, 0.6) is 17.2 Å². The largest absolute Gasteiger partial charge is 0.486 e. The van der Waals surface area contributed by atoms with Gasteiger partial charge in [0.2, 0.25) is 0 Å². The molecule has 0 unspecified atom stereocenters. The van der Waals surface area contributed by atoms with E-state index in [4.69, 9.17) is 14.2 Å². The number of rotatable bonds is 5. The van der Waals surface area contributed by atoms with Gasteiger partial charge in [0.15, 0.2) is 18.1 Å². The molecule has 0 saturated heterocycles. The molecular formula is C18H18BrNO4. The van der Waals surface area contributed by atoms with Gasteiger partial charge in [-0.25, -0.2) is 0 Å². The minimum atomic E-state index is -0.0927. The summed E-state index contributed by atoms with van der Waals surface area (Å²) in [5.74, 6) is 2.04. The average molecular weight is 392 g/mol. The number of hydrogen-bond acceptors (Lipinski definition) is 4. The maximum absolute atomic E-state index is 12.2. The summed E-state index contributed by atoms with van der Waals surface area (Å²) in [5.41, 5.74) is 0.984. The smallest absolute Gasteiger partial charge is 0.260 e. The minimum Gasteiger partial charge on any atom is -0.486 e. The first kappa shape index (κ1) is 16.6. The van der Waals surface area contributed by atoms with E-state index in [0.29, 0.717) is 25.5 Å². The zero-order valence-corrected chi connectivity index (χ0v) is 14.9. The van der Waals surface area contributed by atoms with E-state index in [9.17, 15) is 4.79 Å².